The molecule has 0 saturated heterocycles. The summed E-state index contributed by atoms with van der Waals surface area (Å²) in [7, 11) is 0. The summed E-state index contributed by atoms with van der Waals surface area (Å²) in [6.07, 6.45) is 4.64. The first kappa shape index (κ1) is 9.77. The highest BCUT2D eigenvalue weighted by molar-refractivity contribution is 5.65. The van der Waals surface area contributed by atoms with E-state index in [1.807, 2.05) is 0 Å². The fraction of sp³-hybridized carbons (Fsp3) is 0.900. The van der Waals surface area contributed by atoms with Crippen molar-refractivity contribution < 1.29 is 15.0 Å². The van der Waals surface area contributed by atoms with Crippen molar-refractivity contribution in [3.63, 3.8) is 0 Å². The van der Waals surface area contributed by atoms with Crippen LogP contribution in [0.3, 0.4) is 0 Å². The largest absolute Gasteiger partial charge is 0.465 e. The molecule has 3 aliphatic rings. The van der Waals surface area contributed by atoms with Crippen molar-refractivity contribution in [1.82, 2.24) is 5.32 Å². The maximum Gasteiger partial charge on any atom is 0.405 e. The minimum Gasteiger partial charge on any atom is -0.465 e. The van der Waals surface area contributed by atoms with E-state index in [-0.39, 0.29) is 17.6 Å². The number of carbonyl (C=O) groups is 1. The van der Waals surface area contributed by atoms with Crippen LogP contribution in [0.2, 0.25) is 0 Å². The van der Waals surface area contributed by atoms with Gasteiger partial charge in [-0.15, -0.1) is 0 Å². The molecule has 3 saturated carbocycles. The van der Waals surface area contributed by atoms with Crippen LogP contribution in [0.4, 0.5) is 4.79 Å². The number of aliphatic hydroxyl groups is 1. The summed E-state index contributed by atoms with van der Waals surface area (Å²) in [5.74, 6) is 0. The van der Waals surface area contributed by atoms with Crippen molar-refractivity contribution in [2.75, 3.05) is 6.61 Å². The van der Waals surface area contributed by atoms with Gasteiger partial charge in [-0.2, -0.15) is 0 Å². The van der Waals surface area contributed by atoms with Gasteiger partial charge in [0.05, 0.1) is 0 Å². The van der Waals surface area contributed by atoms with E-state index < -0.39 is 6.09 Å². The van der Waals surface area contributed by atoms with Crippen LogP contribution in [-0.4, -0.2) is 28.5 Å². The number of rotatable bonds is 2. The zero-order chi connectivity index (χ0) is 10.2. The molecule has 3 N–H and O–H groups in total. The van der Waals surface area contributed by atoms with E-state index >= 15 is 0 Å². The average Bonchev–Trinajstić information content (AvgIpc) is 2.19. The lowest BCUT2D eigenvalue weighted by Gasteiger charge is -2.52. The molecule has 3 rings (SSSR count). The van der Waals surface area contributed by atoms with Gasteiger partial charge in [-0.3, -0.25) is 0 Å². The van der Waals surface area contributed by atoms with E-state index in [4.69, 9.17) is 5.11 Å². The molecule has 0 heterocycles. The Balaban J connectivity index is 2.05. The summed E-state index contributed by atoms with van der Waals surface area (Å²) in [5.41, 5.74) is -0.0648. The average molecular weight is 199 g/mol. The molecule has 3 aliphatic carbocycles. The first-order chi connectivity index (χ1) is 6.60. The SMILES string of the molecule is O=C(O)NC12CCC(CO)(CC1)CC2. The van der Waals surface area contributed by atoms with Crippen molar-refractivity contribution in [2.24, 2.45) is 5.41 Å². The molecule has 1 amide bonds. The van der Waals surface area contributed by atoms with Crippen LogP contribution in [0.25, 0.3) is 0 Å². The second kappa shape index (κ2) is 3.12. The van der Waals surface area contributed by atoms with Crippen molar-refractivity contribution >= 4 is 6.09 Å². The first-order valence-corrected chi connectivity index (χ1v) is 5.22. The standard InChI is InChI=1S/C10H17NO3/c12-7-9-1-4-10(5-2-9,6-3-9)11-8(13)14/h11-12H,1-7H2,(H,13,14). The normalized spacial score (nSPS) is 40.9. The van der Waals surface area contributed by atoms with E-state index in [0.717, 1.165) is 38.5 Å². The Kier molecular flexibility index (Phi) is 2.18. The molecule has 0 aliphatic heterocycles. The van der Waals surface area contributed by atoms with Gasteiger partial charge < -0.3 is 15.5 Å². The van der Waals surface area contributed by atoms with Crippen molar-refractivity contribution in [3.05, 3.63) is 0 Å². The number of hydrogen-bond donors (Lipinski definition) is 3. The predicted molar refractivity (Wildman–Crippen MR) is 51.1 cm³/mol. The molecule has 0 aromatic carbocycles. The third-order valence-electron chi connectivity index (χ3n) is 4.11. The second-order valence-corrected chi connectivity index (χ2v) is 4.87. The van der Waals surface area contributed by atoms with Crippen LogP contribution in [0, 0.1) is 5.41 Å². The van der Waals surface area contributed by atoms with E-state index in [1.54, 1.807) is 0 Å². The van der Waals surface area contributed by atoms with Crippen molar-refractivity contribution in [1.29, 1.82) is 0 Å². The Hall–Kier alpha value is -0.770. The first-order valence-electron chi connectivity index (χ1n) is 5.22. The van der Waals surface area contributed by atoms with Crippen LogP contribution in [0.15, 0.2) is 0 Å². The maximum atomic E-state index is 10.6. The molecular formula is C10H17NO3. The summed E-state index contributed by atoms with van der Waals surface area (Å²) in [4.78, 5) is 10.6. The molecule has 0 radical (unpaired) electrons. The summed E-state index contributed by atoms with van der Waals surface area (Å²) >= 11 is 0. The number of carboxylic acid groups (broad SMARTS) is 1. The minimum absolute atomic E-state index is 0.113. The Morgan fingerprint density at radius 2 is 1.64 bits per heavy atom. The molecule has 0 aromatic heterocycles. The number of amides is 1. The van der Waals surface area contributed by atoms with Gasteiger partial charge in [-0.05, 0) is 43.9 Å². The molecule has 3 fully saturated rings. The van der Waals surface area contributed by atoms with E-state index in [0.29, 0.717) is 0 Å². The molecule has 0 spiro atoms. The van der Waals surface area contributed by atoms with Gasteiger partial charge in [-0.25, -0.2) is 4.79 Å². The smallest absolute Gasteiger partial charge is 0.405 e. The molecular weight excluding hydrogens is 182 g/mol. The highest BCUT2D eigenvalue weighted by Gasteiger charge is 2.48. The Bertz CT molecular complexity index is 227. The third-order valence-corrected chi connectivity index (χ3v) is 4.11. The molecule has 14 heavy (non-hydrogen) atoms. The van der Waals surface area contributed by atoms with Gasteiger partial charge in [-0.1, -0.05) is 0 Å². The molecule has 80 valence electrons. The fourth-order valence-electron chi connectivity index (χ4n) is 2.91. The molecule has 0 atom stereocenters. The van der Waals surface area contributed by atoms with Gasteiger partial charge in [0.25, 0.3) is 0 Å². The van der Waals surface area contributed by atoms with E-state index in [2.05, 4.69) is 5.32 Å². The zero-order valence-electron chi connectivity index (χ0n) is 8.25. The predicted octanol–water partition coefficient (Wildman–Crippen LogP) is 1.34. The Morgan fingerprint density at radius 1 is 1.14 bits per heavy atom. The summed E-state index contributed by atoms with van der Waals surface area (Å²) in [6.45, 7) is 0.260. The van der Waals surface area contributed by atoms with Crippen LogP contribution < -0.4 is 5.32 Å². The van der Waals surface area contributed by atoms with Gasteiger partial charge >= 0.3 is 6.09 Å². The molecule has 0 aromatic rings. The topological polar surface area (TPSA) is 69.6 Å². The molecule has 4 nitrogen and oxygen atoms in total. The van der Waals surface area contributed by atoms with Gasteiger partial charge in [0.2, 0.25) is 0 Å². The third kappa shape index (κ3) is 1.47. The fourth-order valence-corrected chi connectivity index (χ4v) is 2.91. The monoisotopic (exact) mass is 199 g/mol. The summed E-state index contributed by atoms with van der Waals surface area (Å²) in [6, 6.07) is 0. The van der Waals surface area contributed by atoms with Crippen LogP contribution in [0.1, 0.15) is 38.5 Å². The van der Waals surface area contributed by atoms with E-state index in [9.17, 15) is 9.90 Å². The maximum absolute atomic E-state index is 10.6. The van der Waals surface area contributed by atoms with E-state index in [1.165, 1.54) is 0 Å². The van der Waals surface area contributed by atoms with Gasteiger partial charge in [0, 0.05) is 12.1 Å². The number of nitrogens with one attached hydrogen (secondary N) is 1. The van der Waals surface area contributed by atoms with Crippen molar-refractivity contribution in [2.45, 2.75) is 44.1 Å². The molecule has 0 unspecified atom stereocenters. The van der Waals surface area contributed by atoms with Crippen molar-refractivity contribution in [3.8, 4) is 0 Å². The lowest BCUT2D eigenvalue weighted by atomic mass is 9.57. The summed E-state index contributed by atoms with van der Waals surface area (Å²) in [5, 5.41) is 20.7. The lowest BCUT2D eigenvalue weighted by Crippen LogP contribution is -2.57. The Labute approximate surface area is 83.3 Å². The lowest BCUT2D eigenvalue weighted by molar-refractivity contribution is -0.0151. The van der Waals surface area contributed by atoms with Gasteiger partial charge in [0.15, 0.2) is 0 Å². The number of fused-ring (bicyclic) bond motifs is 3. The summed E-state index contributed by atoms with van der Waals surface area (Å²) < 4.78 is 0. The highest BCUT2D eigenvalue weighted by atomic mass is 16.4. The quantitative estimate of drug-likeness (QED) is 0.628. The van der Waals surface area contributed by atoms with Crippen LogP contribution in [-0.2, 0) is 0 Å². The van der Waals surface area contributed by atoms with Crippen LogP contribution >= 0.6 is 0 Å². The van der Waals surface area contributed by atoms with Crippen LogP contribution in [0.5, 0.6) is 0 Å². The second-order valence-electron chi connectivity index (χ2n) is 4.87. The molecule has 2 bridgehead atoms. The zero-order valence-corrected chi connectivity index (χ0v) is 8.25. The highest BCUT2D eigenvalue weighted by Crippen LogP contribution is 2.51. The number of aliphatic hydroxyl groups excluding tert-OH is 1. The number of hydrogen-bond acceptors (Lipinski definition) is 2. The Morgan fingerprint density at radius 3 is 2.00 bits per heavy atom. The minimum atomic E-state index is -0.914. The molecule has 4 heteroatoms. The van der Waals surface area contributed by atoms with Gasteiger partial charge in [0.1, 0.15) is 0 Å².